The Morgan fingerprint density at radius 2 is 2.03 bits per heavy atom. The standard InChI is InChI=1S/C24H37N5O/c1-24(2,3)22-20(11-8-16-30-22)17-27-23(25-4)28-18-21-26-13-15-29(21)14-12-19-9-6-5-7-10-19/h5-7,9-10,13,15,20,22H,8,11-12,14,16-18H2,1-4H3,(H2,25,27,28). The van der Waals surface area contributed by atoms with Crippen LogP contribution in [0.3, 0.4) is 0 Å². The molecule has 2 heterocycles. The van der Waals surface area contributed by atoms with Crippen LogP contribution in [0.5, 0.6) is 0 Å². The van der Waals surface area contributed by atoms with E-state index in [1.54, 1.807) is 0 Å². The molecule has 2 N–H and O–H groups in total. The van der Waals surface area contributed by atoms with Gasteiger partial charge >= 0.3 is 0 Å². The molecule has 0 saturated carbocycles. The van der Waals surface area contributed by atoms with Gasteiger partial charge in [-0.3, -0.25) is 4.99 Å². The lowest BCUT2D eigenvalue weighted by Crippen LogP contribution is -2.47. The first-order chi connectivity index (χ1) is 14.5. The number of hydrogen-bond donors (Lipinski definition) is 2. The quantitative estimate of drug-likeness (QED) is 0.539. The minimum Gasteiger partial charge on any atom is -0.377 e. The highest BCUT2D eigenvalue weighted by Gasteiger charge is 2.35. The number of aromatic nitrogens is 2. The van der Waals surface area contributed by atoms with E-state index in [2.05, 4.69) is 76.3 Å². The summed E-state index contributed by atoms with van der Waals surface area (Å²) in [5.74, 6) is 2.32. The van der Waals surface area contributed by atoms with Gasteiger partial charge < -0.3 is 19.9 Å². The Balaban J connectivity index is 1.49. The van der Waals surface area contributed by atoms with Crippen molar-refractivity contribution in [2.75, 3.05) is 20.2 Å². The van der Waals surface area contributed by atoms with Crippen LogP contribution >= 0.6 is 0 Å². The molecule has 1 aliphatic heterocycles. The van der Waals surface area contributed by atoms with Crippen LogP contribution in [-0.2, 0) is 24.2 Å². The van der Waals surface area contributed by atoms with Crippen LogP contribution in [0.15, 0.2) is 47.7 Å². The van der Waals surface area contributed by atoms with Gasteiger partial charge in [0.15, 0.2) is 5.96 Å². The summed E-state index contributed by atoms with van der Waals surface area (Å²) in [5.41, 5.74) is 1.48. The highest BCUT2D eigenvalue weighted by atomic mass is 16.5. The summed E-state index contributed by atoms with van der Waals surface area (Å²) >= 11 is 0. The lowest BCUT2D eigenvalue weighted by Gasteiger charge is -2.40. The summed E-state index contributed by atoms with van der Waals surface area (Å²) in [6, 6.07) is 10.6. The van der Waals surface area contributed by atoms with E-state index in [9.17, 15) is 0 Å². The van der Waals surface area contributed by atoms with Gasteiger partial charge in [0.25, 0.3) is 0 Å². The number of benzene rings is 1. The van der Waals surface area contributed by atoms with E-state index in [0.717, 1.165) is 44.3 Å². The van der Waals surface area contributed by atoms with Gasteiger partial charge in [-0.2, -0.15) is 0 Å². The van der Waals surface area contributed by atoms with Crippen LogP contribution in [0.1, 0.15) is 45.0 Å². The number of aryl methyl sites for hydroxylation is 2. The molecule has 0 aliphatic carbocycles. The van der Waals surface area contributed by atoms with E-state index in [-0.39, 0.29) is 11.5 Å². The molecule has 1 aromatic carbocycles. The summed E-state index contributed by atoms with van der Waals surface area (Å²) in [5, 5.41) is 6.92. The molecular formula is C24H37N5O. The van der Waals surface area contributed by atoms with Crippen molar-refractivity contribution in [1.29, 1.82) is 0 Å². The molecular weight excluding hydrogens is 374 g/mol. The van der Waals surface area contributed by atoms with E-state index >= 15 is 0 Å². The fraction of sp³-hybridized carbons (Fsp3) is 0.583. The summed E-state index contributed by atoms with van der Waals surface area (Å²) in [6.45, 7) is 10.1. The second kappa shape index (κ2) is 10.6. The second-order valence-electron chi connectivity index (χ2n) is 9.14. The summed E-state index contributed by atoms with van der Waals surface area (Å²) < 4.78 is 8.31. The van der Waals surface area contributed by atoms with Crippen molar-refractivity contribution in [2.45, 2.75) is 59.2 Å². The SMILES string of the molecule is CN=C(NCc1nccn1CCc1ccccc1)NCC1CCCOC1C(C)(C)C. The van der Waals surface area contributed by atoms with E-state index in [4.69, 9.17) is 4.74 Å². The lowest BCUT2D eigenvalue weighted by atomic mass is 9.78. The van der Waals surface area contributed by atoms with E-state index in [1.165, 1.54) is 12.0 Å². The number of aliphatic imine (C=N–C) groups is 1. The van der Waals surface area contributed by atoms with Gasteiger partial charge in [0.1, 0.15) is 5.82 Å². The van der Waals surface area contributed by atoms with Crippen molar-refractivity contribution in [1.82, 2.24) is 20.2 Å². The van der Waals surface area contributed by atoms with Crippen LogP contribution < -0.4 is 10.6 Å². The molecule has 1 aliphatic rings. The third kappa shape index (κ3) is 6.33. The minimum absolute atomic E-state index is 0.146. The monoisotopic (exact) mass is 411 g/mol. The van der Waals surface area contributed by atoms with Gasteiger partial charge in [0, 0.05) is 45.1 Å². The zero-order chi connectivity index (χ0) is 21.4. The molecule has 3 rings (SSSR count). The van der Waals surface area contributed by atoms with Crippen molar-refractivity contribution in [3.63, 3.8) is 0 Å². The zero-order valence-corrected chi connectivity index (χ0v) is 18.9. The van der Waals surface area contributed by atoms with Crippen LogP contribution in [-0.4, -0.2) is 41.8 Å². The molecule has 1 saturated heterocycles. The molecule has 6 heteroatoms. The fourth-order valence-electron chi connectivity index (χ4n) is 4.23. The van der Waals surface area contributed by atoms with Crippen LogP contribution in [0.4, 0.5) is 0 Å². The summed E-state index contributed by atoms with van der Waals surface area (Å²) in [4.78, 5) is 8.93. The van der Waals surface area contributed by atoms with Crippen LogP contribution in [0, 0.1) is 11.3 Å². The van der Waals surface area contributed by atoms with Crippen LogP contribution in [0.25, 0.3) is 0 Å². The molecule has 30 heavy (non-hydrogen) atoms. The van der Waals surface area contributed by atoms with Gasteiger partial charge in [-0.05, 0) is 30.2 Å². The Morgan fingerprint density at radius 1 is 1.23 bits per heavy atom. The Kier molecular flexibility index (Phi) is 7.91. The highest BCUT2D eigenvalue weighted by molar-refractivity contribution is 5.79. The maximum absolute atomic E-state index is 6.11. The number of guanidine groups is 1. The fourth-order valence-corrected chi connectivity index (χ4v) is 4.23. The smallest absolute Gasteiger partial charge is 0.191 e. The Hall–Kier alpha value is -2.34. The third-order valence-electron chi connectivity index (χ3n) is 5.75. The summed E-state index contributed by atoms with van der Waals surface area (Å²) in [6.07, 6.45) is 7.50. The van der Waals surface area contributed by atoms with Gasteiger partial charge in [-0.1, -0.05) is 51.1 Å². The normalized spacial score (nSPS) is 20.2. The number of rotatable bonds is 7. The molecule has 0 amide bonds. The Morgan fingerprint density at radius 3 is 2.77 bits per heavy atom. The van der Waals surface area contributed by atoms with Crippen molar-refractivity contribution < 1.29 is 4.74 Å². The molecule has 0 spiro atoms. The molecule has 1 aromatic heterocycles. The largest absolute Gasteiger partial charge is 0.377 e. The molecule has 2 aromatic rings. The van der Waals surface area contributed by atoms with Gasteiger partial charge in [0.05, 0.1) is 12.6 Å². The average molecular weight is 412 g/mol. The first-order valence-electron chi connectivity index (χ1n) is 11.1. The van der Waals surface area contributed by atoms with Crippen molar-refractivity contribution in [3.8, 4) is 0 Å². The molecule has 2 atom stereocenters. The van der Waals surface area contributed by atoms with Crippen molar-refractivity contribution >= 4 is 5.96 Å². The van der Waals surface area contributed by atoms with Crippen LogP contribution in [0.2, 0.25) is 0 Å². The molecule has 1 fully saturated rings. The van der Waals surface area contributed by atoms with E-state index < -0.39 is 0 Å². The van der Waals surface area contributed by atoms with Gasteiger partial charge in [0.2, 0.25) is 0 Å². The predicted octanol–water partition coefficient (Wildman–Crippen LogP) is 3.63. The van der Waals surface area contributed by atoms with E-state index in [0.29, 0.717) is 12.5 Å². The first-order valence-corrected chi connectivity index (χ1v) is 11.1. The summed E-state index contributed by atoms with van der Waals surface area (Å²) in [7, 11) is 1.82. The molecule has 0 bridgehead atoms. The molecule has 2 unspecified atom stereocenters. The lowest BCUT2D eigenvalue weighted by molar-refractivity contribution is -0.0835. The molecule has 6 nitrogen and oxygen atoms in total. The highest BCUT2D eigenvalue weighted by Crippen LogP contribution is 2.33. The van der Waals surface area contributed by atoms with E-state index in [1.807, 2.05) is 19.4 Å². The number of nitrogens with one attached hydrogen (secondary N) is 2. The first kappa shape index (κ1) is 22.3. The molecule has 164 valence electrons. The average Bonchev–Trinajstić information content (AvgIpc) is 3.20. The number of ether oxygens (including phenoxy) is 1. The minimum atomic E-state index is 0.146. The zero-order valence-electron chi connectivity index (χ0n) is 18.9. The maximum atomic E-state index is 6.11. The number of imidazole rings is 1. The Bertz CT molecular complexity index is 793. The maximum Gasteiger partial charge on any atom is 0.191 e. The Labute approximate surface area is 181 Å². The van der Waals surface area contributed by atoms with Gasteiger partial charge in [-0.15, -0.1) is 0 Å². The predicted molar refractivity (Wildman–Crippen MR) is 122 cm³/mol. The molecule has 0 radical (unpaired) electrons. The number of nitrogens with zero attached hydrogens (tertiary/aromatic N) is 3. The topological polar surface area (TPSA) is 63.5 Å². The second-order valence-corrected chi connectivity index (χ2v) is 9.14. The van der Waals surface area contributed by atoms with Crippen molar-refractivity contribution in [3.05, 3.63) is 54.1 Å². The van der Waals surface area contributed by atoms with Crippen molar-refractivity contribution in [2.24, 2.45) is 16.3 Å². The number of hydrogen-bond acceptors (Lipinski definition) is 3. The van der Waals surface area contributed by atoms with Gasteiger partial charge in [-0.25, -0.2) is 4.98 Å². The third-order valence-corrected chi connectivity index (χ3v) is 5.75.